The Balaban J connectivity index is 1.78. The van der Waals surface area contributed by atoms with Crippen LogP contribution in [0.3, 0.4) is 0 Å². The predicted octanol–water partition coefficient (Wildman–Crippen LogP) is 5.54. The lowest BCUT2D eigenvalue weighted by Gasteiger charge is -2.12. The highest BCUT2D eigenvalue weighted by Gasteiger charge is 2.13. The number of esters is 1. The fraction of sp³-hybridized carbons (Fsp3) is 0.179. The van der Waals surface area contributed by atoms with Gasteiger partial charge in [0, 0.05) is 12.1 Å². The standard InChI is InChI=1S/C28H25FN2O4/c1-3-34-26-17-20(8-9-22(26)14-19-6-5-7-24(29)16-19)15-23(18-30)27(32)31-25-12-10-21(11-13-25)28(33)35-4-2/h5-13,15-17H,3-4,14H2,1-2H3,(H,31,32)/b23-15+. The quantitative estimate of drug-likeness (QED) is 0.251. The molecular weight excluding hydrogens is 447 g/mol. The van der Waals surface area contributed by atoms with Gasteiger partial charge in [-0.15, -0.1) is 0 Å². The monoisotopic (exact) mass is 472 g/mol. The fourth-order valence-corrected chi connectivity index (χ4v) is 3.38. The molecule has 7 heteroatoms. The zero-order chi connectivity index (χ0) is 25.2. The number of nitrogens with zero attached hydrogens (tertiary/aromatic N) is 1. The van der Waals surface area contributed by atoms with E-state index >= 15 is 0 Å². The number of carbonyl (C=O) groups excluding carboxylic acids is 2. The first kappa shape index (κ1) is 25.2. The van der Waals surface area contributed by atoms with Crippen molar-refractivity contribution in [1.29, 1.82) is 5.26 Å². The van der Waals surface area contributed by atoms with Crippen molar-refractivity contribution in [3.63, 3.8) is 0 Å². The van der Waals surface area contributed by atoms with Gasteiger partial charge in [-0.3, -0.25) is 4.79 Å². The Morgan fingerprint density at radius 3 is 2.46 bits per heavy atom. The number of benzene rings is 3. The third-order valence-electron chi connectivity index (χ3n) is 5.00. The molecule has 0 aliphatic heterocycles. The Kier molecular flexibility index (Phi) is 8.74. The largest absolute Gasteiger partial charge is 0.494 e. The average Bonchev–Trinajstić information content (AvgIpc) is 2.84. The first-order valence-corrected chi connectivity index (χ1v) is 11.1. The minimum absolute atomic E-state index is 0.0974. The van der Waals surface area contributed by atoms with Gasteiger partial charge in [-0.1, -0.05) is 24.3 Å². The second-order valence-electron chi connectivity index (χ2n) is 7.53. The van der Waals surface area contributed by atoms with Crippen LogP contribution < -0.4 is 10.1 Å². The summed E-state index contributed by atoms with van der Waals surface area (Å²) in [7, 11) is 0. The smallest absolute Gasteiger partial charge is 0.338 e. The lowest BCUT2D eigenvalue weighted by Crippen LogP contribution is -2.13. The molecule has 178 valence electrons. The molecule has 3 rings (SSSR count). The molecule has 1 N–H and O–H groups in total. The minimum atomic E-state index is -0.585. The van der Waals surface area contributed by atoms with Crippen LogP contribution in [0.4, 0.5) is 10.1 Å². The Hall–Kier alpha value is -4.44. The third-order valence-corrected chi connectivity index (χ3v) is 5.00. The molecule has 6 nitrogen and oxygen atoms in total. The molecule has 0 unspecified atom stereocenters. The van der Waals surface area contributed by atoms with Crippen molar-refractivity contribution < 1.29 is 23.5 Å². The van der Waals surface area contributed by atoms with Gasteiger partial charge in [-0.25, -0.2) is 9.18 Å². The molecule has 0 aliphatic rings. The van der Waals surface area contributed by atoms with Crippen LogP contribution in [0.2, 0.25) is 0 Å². The third kappa shape index (κ3) is 7.02. The molecule has 0 saturated carbocycles. The summed E-state index contributed by atoms with van der Waals surface area (Å²) in [6, 6.07) is 19.8. The second kappa shape index (κ2) is 12.1. The SMILES string of the molecule is CCOC(=O)c1ccc(NC(=O)/C(C#N)=C/c2ccc(Cc3cccc(F)c3)c(OCC)c2)cc1. The number of nitrogens with one attached hydrogen (secondary N) is 1. The predicted molar refractivity (Wildman–Crippen MR) is 131 cm³/mol. The molecule has 0 atom stereocenters. The Bertz CT molecular complexity index is 1280. The molecular formula is C28H25FN2O4. The van der Waals surface area contributed by atoms with Crippen molar-refractivity contribution in [2.24, 2.45) is 0 Å². The summed E-state index contributed by atoms with van der Waals surface area (Å²) >= 11 is 0. The number of nitriles is 1. The number of halogens is 1. The maximum Gasteiger partial charge on any atom is 0.338 e. The van der Waals surface area contributed by atoms with Crippen molar-refractivity contribution in [3.05, 3.63) is 100 Å². The number of amides is 1. The molecule has 1 amide bonds. The molecule has 3 aromatic rings. The van der Waals surface area contributed by atoms with Crippen molar-refractivity contribution in [3.8, 4) is 11.8 Å². The highest BCUT2D eigenvalue weighted by Crippen LogP contribution is 2.25. The molecule has 0 heterocycles. The van der Waals surface area contributed by atoms with E-state index in [9.17, 15) is 19.2 Å². The number of ether oxygens (including phenoxy) is 2. The van der Waals surface area contributed by atoms with Crippen LogP contribution in [-0.2, 0) is 16.0 Å². The Morgan fingerprint density at radius 1 is 1.03 bits per heavy atom. The number of rotatable bonds is 9. The molecule has 0 radical (unpaired) electrons. The molecule has 0 bridgehead atoms. The van der Waals surface area contributed by atoms with Crippen molar-refractivity contribution >= 4 is 23.6 Å². The van der Waals surface area contributed by atoms with Gasteiger partial charge in [0.2, 0.25) is 0 Å². The normalized spacial score (nSPS) is 10.9. The summed E-state index contributed by atoms with van der Waals surface area (Å²) in [6.07, 6.45) is 1.95. The van der Waals surface area contributed by atoms with Crippen molar-refractivity contribution in [1.82, 2.24) is 0 Å². The highest BCUT2D eigenvalue weighted by atomic mass is 19.1. The summed E-state index contributed by atoms with van der Waals surface area (Å²) in [5, 5.41) is 12.2. The van der Waals surface area contributed by atoms with E-state index in [4.69, 9.17) is 9.47 Å². The lowest BCUT2D eigenvalue weighted by molar-refractivity contribution is -0.112. The van der Waals surface area contributed by atoms with E-state index in [-0.39, 0.29) is 18.0 Å². The molecule has 0 aromatic heterocycles. The second-order valence-corrected chi connectivity index (χ2v) is 7.53. The summed E-state index contributed by atoms with van der Waals surface area (Å²) in [5.41, 5.74) is 2.98. The number of hydrogen-bond acceptors (Lipinski definition) is 5. The summed E-state index contributed by atoms with van der Waals surface area (Å²) in [6.45, 7) is 4.27. The van der Waals surface area contributed by atoms with Gasteiger partial charge in [0.25, 0.3) is 5.91 Å². The van der Waals surface area contributed by atoms with Crippen LogP contribution in [0.15, 0.2) is 72.3 Å². The summed E-state index contributed by atoms with van der Waals surface area (Å²) in [5.74, 6) is -0.745. The van der Waals surface area contributed by atoms with Crippen LogP contribution in [-0.4, -0.2) is 25.1 Å². The van der Waals surface area contributed by atoms with E-state index in [2.05, 4.69) is 5.32 Å². The van der Waals surface area contributed by atoms with Crippen LogP contribution in [0, 0.1) is 17.1 Å². The van der Waals surface area contributed by atoms with Crippen LogP contribution in [0.1, 0.15) is 40.9 Å². The fourth-order valence-electron chi connectivity index (χ4n) is 3.38. The maximum atomic E-state index is 13.6. The van der Waals surface area contributed by atoms with Crippen LogP contribution in [0.5, 0.6) is 5.75 Å². The van der Waals surface area contributed by atoms with E-state index in [0.29, 0.717) is 35.6 Å². The van der Waals surface area contributed by atoms with Gasteiger partial charge in [0.1, 0.15) is 23.2 Å². The van der Waals surface area contributed by atoms with Crippen LogP contribution in [0.25, 0.3) is 6.08 Å². The molecule has 35 heavy (non-hydrogen) atoms. The van der Waals surface area contributed by atoms with Gasteiger partial charge in [-0.05, 0) is 79.1 Å². The van der Waals surface area contributed by atoms with E-state index in [1.54, 1.807) is 37.3 Å². The Labute approximate surface area is 203 Å². The lowest BCUT2D eigenvalue weighted by atomic mass is 10.0. The average molecular weight is 473 g/mol. The zero-order valence-corrected chi connectivity index (χ0v) is 19.5. The Morgan fingerprint density at radius 2 is 1.80 bits per heavy atom. The van der Waals surface area contributed by atoms with Gasteiger partial charge >= 0.3 is 5.97 Å². The first-order chi connectivity index (χ1) is 16.9. The molecule has 0 fully saturated rings. The molecule has 0 aliphatic carbocycles. The van der Waals surface area contributed by atoms with Crippen molar-refractivity contribution in [2.45, 2.75) is 20.3 Å². The highest BCUT2D eigenvalue weighted by molar-refractivity contribution is 6.09. The van der Waals surface area contributed by atoms with Gasteiger partial charge in [0.15, 0.2) is 0 Å². The summed E-state index contributed by atoms with van der Waals surface area (Å²) in [4.78, 5) is 24.4. The van der Waals surface area contributed by atoms with Crippen molar-refractivity contribution in [2.75, 3.05) is 18.5 Å². The van der Waals surface area contributed by atoms with Gasteiger partial charge in [0.05, 0.1) is 18.8 Å². The van der Waals surface area contributed by atoms with E-state index in [0.717, 1.165) is 11.1 Å². The zero-order valence-electron chi connectivity index (χ0n) is 19.5. The van der Waals surface area contributed by atoms with Crippen LogP contribution >= 0.6 is 0 Å². The first-order valence-electron chi connectivity index (χ1n) is 11.1. The number of anilines is 1. The van der Waals surface area contributed by atoms with E-state index in [1.165, 1.54) is 30.3 Å². The van der Waals surface area contributed by atoms with E-state index in [1.807, 2.05) is 25.1 Å². The topological polar surface area (TPSA) is 88.4 Å². The number of hydrogen-bond donors (Lipinski definition) is 1. The minimum Gasteiger partial charge on any atom is -0.494 e. The molecule has 3 aromatic carbocycles. The number of carbonyl (C=O) groups is 2. The van der Waals surface area contributed by atoms with Gasteiger partial charge < -0.3 is 14.8 Å². The van der Waals surface area contributed by atoms with E-state index < -0.39 is 11.9 Å². The maximum absolute atomic E-state index is 13.6. The molecule has 0 spiro atoms. The summed E-state index contributed by atoms with van der Waals surface area (Å²) < 4.78 is 24.2. The molecule has 0 saturated heterocycles. The van der Waals surface area contributed by atoms with Gasteiger partial charge in [-0.2, -0.15) is 5.26 Å².